The van der Waals surface area contributed by atoms with Gasteiger partial charge in [0, 0.05) is 30.2 Å². The van der Waals surface area contributed by atoms with Crippen molar-refractivity contribution in [3.05, 3.63) is 77.1 Å². The highest BCUT2D eigenvalue weighted by molar-refractivity contribution is 6.30. The number of piperazine rings is 1. The zero-order chi connectivity index (χ0) is 19.5. The molecule has 0 atom stereocenters. The number of carbonyl (C=O) groups is 1. The molecule has 0 N–H and O–H groups in total. The zero-order valence-electron chi connectivity index (χ0n) is 15.1. The summed E-state index contributed by atoms with van der Waals surface area (Å²) in [6.45, 7) is 2.13. The van der Waals surface area contributed by atoms with E-state index in [0.717, 1.165) is 11.1 Å². The Hall–Kier alpha value is -2.99. The van der Waals surface area contributed by atoms with Crippen LogP contribution >= 0.6 is 11.6 Å². The minimum absolute atomic E-state index is 0.0469. The number of amides is 1. The van der Waals surface area contributed by atoms with Crippen LogP contribution in [-0.4, -0.2) is 40.6 Å². The third-order valence-electron chi connectivity index (χ3n) is 4.72. The molecule has 2 heterocycles. The molecule has 1 aliphatic heterocycles. The topological polar surface area (TPSA) is 49.3 Å². The molecule has 1 aliphatic rings. The first-order valence-corrected chi connectivity index (χ1v) is 9.33. The summed E-state index contributed by atoms with van der Waals surface area (Å²) in [7, 11) is 0. The molecule has 1 aromatic heterocycles. The Morgan fingerprint density at radius 2 is 1.68 bits per heavy atom. The molecule has 1 saturated heterocycles. The lowest BCUT2D eigenvalue weighted by molar-refractivity contribution is -0.131. The average molecular weight is 397 g/mol. The van der Waals surface area contributed by atoms with Gasteiger partial charge in [0.2, 0.25) is 5.91 Å². The van der Waals surface area contributed by atoms with Crippen LogP contribution in [0.3, 0.4) is 0 Å². The number of aromatic nitrogens is 2. The van der Waals surface area contributed by atoms with E-state index in [0.29, 0.717) is 36.2 Å². The van der Waals surface area contributed by atoms with Gasteiger partial charge in [0.25, 0.3) is 0 Å². The summed E-state index contributed by atoms with van der Waals surface area (Å²) in [5.74, 6) is 0.416. The molecule has 0 aliphatic carbocycles. The summed E-state index contributed by atoms with van der Waals surface area (Å²) in [6, 6.07) is 17.3. The van der Waals surface area contributed by atoms with Gasteiger partial charge in [-0.2, -0.15) is 0 Å². The number of carbonyl (C=O) groups excluding carboxylic acids is 1. The molecule has 0 spiro atoms. The van der Waals surface area contributed by atoms with E-state index in [-0.39, 0.29) is 18.3 Å². The Bertz CT molecular complexity index is 961. The van der Waals surface area contributed by atoms with Crippen molar-refractivity contribution in [1.29, 1.82) is 0 Å². The van der Waals surface area contributed by atoms with Gasteiger partial charge in [-0.3, -0.25) is 4.79 Å². The lowest BCUT2D eigenvalue weighted by atomic mass is 10.1. The minimum atomic E-state index is -0.289. The lowest BCUT2D eigenvalue weighted by Crippen LogP contribution is -2.50. The van der Waals surface area contributed by atoms with Crippen LogP contribution in [0.25, 0.3) is 11.3 Å². The van der Waals surface area contributed by atoms with E-state index in [1.807, 2.05) is 46.2 Å². The number of anilines is 1. The van der Waals surface area contributed by atoms with E-state index in [9.17, 15) is 9.18 Å². The Balaban J connectivity index is 1.40. The Labute approximate surface area is 167 Å². The molecular weight excluding hydrogens is 379 g/mol. The monoisotopic (exact) mass is 396 g/mol. The van der Waals surface area contributed by atoms with Gasteiger partial charge in [0.15, 0.2) is 5.82 Å². The summed E-state index contributed by atoms with van der Waals surface area (Å²) >= 11 is 5.91. The van der Waals surface area contributed by atoms with Crippen LogP contribution in [0.2, 0.25) is 5.02 Å². The molecule has 0 bridgehead atoms. The fourth-order valence-corrected chi connectivity index (χ4v) is 3.28. The average Bonchev–Trinajstić information content (AvgIpc) is 2.72. The fourth-order valence-electron chi connectivity index (χ4n) is 3.15. The summed E-state index contributed by atoms with van der Waals surface area (Å²) in [4.78, 5) is 16.3. The first-order chi connectivity index (χ1) is 13.6. The van der Waals surface area contributed by atoms with Crippen molar-refractivity contribution in [3.63, 3.8) is 0 Å². The van der Waals surface area contributed by atoms with Gasteiger partial charge in [-0.15, -0.1) is 10.2 Å². The van der Waals surface area contributed by atoms with Crippen LogP contribution in [0, 0.1) is 5.82 Å². The molecule has 2 aromatic carbocycles. The lowest BCUT2D eigenvalue weighted by Gasteiger charge is -2.34. The zero-order valence-corrected chi connectivity index (χ0v) is 15.8. The van der Waals surface area contributed by atoms with Gasteiger partial charge in [-0.1, -0.05) is 23.7 Å². The molecule has 7 heteroatoms. The van der Waals surface area contributed by atoms with Crippen LogP contribution in [0.15, 0.2) is 60.7 Å². The second-order valence-corrected chi connectivity index (χ2v) is 7.08. The Morgan fingerprint density at radius 3 is 2.32 bits per heavy atom. The predicted molar refractivity (Wildman–Crippen MR) is 107 cm³/mol. The highest BCUT2D eigenvalue weighted by Gasteiger charge is 2.25. The molecular formula is C21H18ClFN4O. The standard InChI is InChI=1S/C21H18ClFN4O/c22-17-5-1-15(2-6-17)13-27-12-11-26(14-21(27)28)20-10-9-19(24-25-20)16-3-7-18(23)8-4-16/h1-10H,11-14H2. The largest absolute Gasteiger partial charge is 0.344 e. The number of benzene rings is 2. The van der Waals surface area contributed by atoms with Gasteiger partial charge in [-0.05, 0) is 54.1 Å². The SMILES string of the molecule is O=C1CN(c2ccc(-c3ccc(F)cc3)nn2)CCN1Cc1ccc(Cl)cc1. The van der Waals surface area contributed by atoms with Crippen molar-refractivity contribution in [3.8, 4) is 11.3 Å². The molecule has 5 nitrogen and oxygen atoms in total. The van der Waals surface area contributed by atoms with Crippen molar-refractivity contribution in [1.82, 2.24) is 15.1 Å². The number of hydrogen-bond acceptors (Lipinski definition) is 4. The molecule has 0 radical (unpaired) electrons. The highest BCUT2D eigenvalue weighted by atomic mass is 35.5. The van der Waals surface area contributed by atoms with Crippen LogP contribution < -0.4 is 4.90 Å². The van der Waals surface area contributed by atoms with E-state index < -0.39 is 0 Å². The molecule has 4 rings (SSSR count). The second kappa shape index (κ2) is 7.94. The summed E-state index contributed by atoms with van der Waals surface area (Å²) in [5, 5.41) is 9.16. The molecule has 3 aromatic rings. The minimum Gasteiger partial charge on any atom is -0.344 e. The van der Waals surface area contributed by atoms with Gasteiger partial charge in [0.05, 0.1) is 12.2 Å². The van der Waals surface area contributed by atoms with Crippen molar-refractivity contribution in [2.24, 2.45) is 0 Å². The second-order valence-electron chi connectivity index (χ2n) is 6.65. The molecule has 0 saturated carbocycles. The number of rotatable bonds is 4. The fraction of sp³-hybridized carbons (Fsp3) is 0.190. The van der Waals surface area contributed by atoms with Crippen LogP contribution in [0.5, 0.6) is 0 Å². The van der Waals surface area contributed by atoms with E-state index in [1.165, 1.54) is 12.1 Å². The van der Waals surface area contributed by atoms with Gasteiger partial charge in [0.1, 0.15) is 5.82 Å². The van der Waals surface area contributed by atoms with Crippen molar-refractivity contribution < 1.29 is 9.18 Å². The maximum atomic E-state index is 13.0. The Kier molecular flexibility index (Phi) is 5.21. The maximum Gasteiger partial charge on any atom is 0.242 e. The number of nitrogens with zero attached hydrogens (tertiary/aromatic N) is 4. The first kappa shape index (κ1) is 18.4. The van der Waals surface area contributed by atoms with Gasteiger partial charge >= 0.3 is 0 Å². The smallest absolute Gasteiger partial charge is 0.242 e. The molecule has 142 valence electrons. The van der Waals surface area contributed by atoms with E-state index in [2.05, 4.69) is 10.2 Å². The van der Waals surface area contributed by atoms with Crippen LogP contribution in [0.4, 0.5) is 10.2 Å². The van der Waals surface area contributed by atoms with Crippen molar-refractivity contribution in [2.45, 2.75) is 6.54 Å². The normalized spacial score (nSPS) is 14.4. The summed E-state index contributed by atoms with van der Waals surface area (Å²) in [5.41, 5.74) is 2.51. The number of halogens is 2. The van der Waals surface area contributed by atoms with E-state index in [1.54, 1.807) is 12.1 Å². The first-order valence-electron chi connectivity index (χ1n) is 8.95. The summed E-state index contributed by atoms with van der Waals surface area (Å²) < 4.78 is 13.0. The maximum absolute atomic E-state index is 13.0. The van der Waals surface area contributed by atoms with Crippen LogP contribution in [-0.2, 0) is 11.3 Å². The van der Waals surface area contributed by atoms with E-state index in [4.69, 9.17) is 11.6 Å². The Morgan fingerprint density at radius 1 is 0.929 bits per heavy atom. The molecule has 1 fully saturated rings. The molecule has 28 heavy (non-hydrogen) atoms. The van der Waals surface area contributed by atoms with Crippen LogP contribution in [0.1, 0.15) is 5.56 Å². The molecule has 0 unspecified atom stereocenters. The quantitative estimate of drug-likeness (QED) is 0.673. The third-order valence-corrected chi connectivity index (χ3v) is 4.97. The third kappa shape index (κ3) is 4.12. The summed E-state index contributed by atoms with van der Waals surface area (Å²) in [6.07, 6.45) is 0. The predicted octanol–water partition coefficient (Wildman–Crippen LogP) is 3.78. The van der Waals surface area contributed by atoms with Crippen molar-refractivity contribution >= 4 is 23.3 Å². The van der Waals surface area contributed by atoms with Crippen molar-refractivity contribution in [2.75, 3.05) is 24.5 Å². The van der Waals surface area contributed by atoms with E-state index >= 15 is 0 Å². The highest BCUT2D eigenvalue weighted by Crippen LogP contribution is 2.20. The molecule has 1 amide bonds. The number of hydrogen-bond donors (Lipinski definition) is 0. The van der Waals surface area contributed by atoms with Gasteiger partial charge in [-0.25, -0.2) is 4.39 Å². The van der Waals surface area contributed by atoms with Gasteiger partial charge < -0.3 is 9.80 Å².